The van der Waals surface area contributed by atoms with E-state index in [4.69, 9.17) is 10.4 Å². The number of nitrogens with one attached hydrogen (secondary N) is 1. The van der Waals surface area contributed by atoms with E-state index < -0.39 is 22.0 Å². The van der Waals surface area contributed by atoms with Gasteiger partial charge in [0.15, 0.2) is 0 Å². The highest BCUT2D eigenvalue weighted by molar-refractivity contribution is 7.88. The number of hydrogen-bond donors (Lipinski definition) is 2. The average molecular weight is 310 g/mol. The van der Waals surface area contributed by atoms with Crippen LogP contribution < -0.4 is 4.72 Å². The van der Waals surface area contributed by atoms with Gasteiger partial charge in [0.25, 0.3) is 0 Å². The summed E-state index contributed by atoms with van der Waals surface area (Å²) in [6, 6.07) is 6.93. The SMILES string of the molecule is CC(C)C[C@@H](NS(=O)(=O)Cc1ccc(C#N)cc1)C(=O)O. The molecule has 1 aromatic carbocycles. The Hall–Kier alpha value is -1.91. The zero-order chi connectivity index (χ0) is 16.0. The third-order valence-corrected chi connectivity index (χ3v) is 4.12. The maximum Gasteiger partial charge on any atom is 0.321 e. The summed E-state index contributed by atoms with van der Waals surface area (Å²) in [4.78, 5) is 11.1. The summed E-state index contributed by atoms with van der Waals surface area (Å²) in [7, 11) is -3.76. The largest absolute Gasteiger partial charge is 0.480 e. The zero-order valence-electron chi connectivity index (χ0n) is 11.9. The second kappa shape index (κ2) is 7.20. The molecule has 0 aliphatic rings. The van der Waals surface area contributed by atoms with E-state index in [0.717, 1.165) is 0 Å². The molecule has 0 saturated heterocycles. The van der Waals surface area contributed by atoms with E-state index in [-0.39, 0.29) is 18.1 Å². The van der Waals surface area contributed by atoms with Gasteiger partial charge in [-0.1, -0.05) is 26.0 Å². The lowest BCUT2D eigenvalue weighted by atomic mass is 10.1. The summed E-state index contributed by atoms with van der Waals surface area (Å²) in [5.41, 5.74) is 0.933. The van der Waals surface area contributed by atoms with E-state index in [1.807, 2.05) is 19.9 Å². The highest BCUT2D eigenvalue weighted by Crippen LogP contribution is 2.10. The predicted octanol–water partition coefficient (Wildman–Crippen LogP) is 1.48. The molecule has 21 heavy (non-hydrogen) atoms. The van der Waals surface area contributed by atoms with Crippen molar-refractivity contribution >= 4 is 16.0 Å². The quantitative estimate of drug-likeness (QED) is 0.793. The standard InChI is InChI=1S/C14H18N2O4S/c1-10(2)7-13(14(17)18)16-21(19,20)9-12-5-3-11(8-15)4-6-12/h3-6,10,13,16H,7,9H2,1-2H3,(H,17,18)/t13-/m1/s1. The first-order chi connectivity index (χ1) is 9.73. The fraction of sp³-hybridized carbons (Fsp3) is 0.429. The van der Waals surface area contributed by atoms with E-state index in [0.29, 0.717) is 11.1 Å². The minimum atomic E-state index is -3.76. The van der Waals surface area contributed by atoms with Crippen molar-refractivity contribution in [3.05, 3.63) is 35.4 Å². The second-order valence-electron chi connectivity index (χ2n) is 5.21. The van der Waals surface area contributed by atoms with Crippen LogP contribution in [0.1, 0.15) is 31.4 Å². The van der Waals surface area contributed by atoms with Gasteiger partial charge in [0.1, 0.15) is 6.04 Å². The normalized spacial score (nSPS) is 12.9. The smallest absolute Gasteiger partial charge is 0.321 e. The van der Waals surface area contributed by atoms with Crippen LogP contribution in [0.25, 0.3) is 0 Å². The Morgan fingerprint density at radius 3 is 2.33 bits per heavy atom. The Labute approximate surface area is 124 Å². The number of nitrogens with zero attached hydrogens (tertiary/aromatic N) is 1. The summed E-state index contributed by atoms with van der Waals surface area (Å²) >= 11 is 0. The number of aliphatic carboxylic acids is 1. The molecule has 0 saturated carbocycles. The fourth-order valence-electron chi connectivity index (χ4n) is 1.82. The number of carboxylic acids is 1. The lowest BCUT2D eigenvalue weighted by Crippen LogP contribution is -2.42. The number of nitriles is 1. The van der Waals surface area contributed by atoms with Crippen LogP contribution in [0.5, 0.6) is 0 Å². The number of sulfonamides is 1. The van der Waals surface area contributed by atoms with Crippen molar-refractivity contribution < 1.29 is 18.3 Å². The molecule has 0 fully saturated rings. The Kier molecular flexibility index (Phi) is 5.88. The molecular formula is C14H18N2O4S. The molecule has 2 N–H and O–H groups in total. The van der Waals surface area contributed by atoms with Gasteiger partial charge in [-0.15, -0.1) is 0 Å². The van der Waals surface area contributed by atoms with Crippen molar-refractivity contribution in [1.82, 2.24) is 4.72 Å². The van der Waals surface area contributed by atoms with E-state index in [9.17, 15) is 13.2 Å². The number of benzene rings is 1. The van der Waals surface area contributed by atoms with Crippen LogP contribution in [-0.4, -0.2) is 25.5 Å². The molecule has 114 valence electrons. The number of carboxylic acid groups (broad SMARTS) is 1. The highest BCUT2D eigenvalue weighted by atomic mass is 32.2. The summed E-state index contributed by atoms with van der Waals surface area (Å²) in [6.45, 7) is 3.65. The van der Waals surface area contributed by atoms with E-state index >= 15 is 0 Å². The second-order valence-corrected chi connectivity index (χ2v) is 6.96. The third kappa shape index (κ3) is 5.94. The Bertz CT molecular complexity index is 630. The molecule has 0 aliphatic heterocycles. The van der Waals surface area contributed by atoms with Crippen molar-refractivity contribution in [2.75, 3.05) is 0 Å². The van der Waals surface area contributed by atoms with Crippen molar-refractivity contribution in [3.63, 3.8) is 0 Å². The molecule has 0 radical (unpaired) electrons. The molecule has 0 bridgehead atoms. The maximum atomic E-state index is 12.0. The molecular weight excluding hydrogens is 292 g/mol. The minimum absolute atomic E-state index is 0.0590. The van der Waals surface area contributed by atoms with Gasteiger partial charge in [0, 0.05) is 0 Å². The molecule has 1 rings (SSSR count). The molecule has 1 atom stereocenters. The van der Waals surface area contributed by atoms with E-state index in [2.05, 4.69) is 4.72 Å². The van der Waals surface area contributed by atoms with Gasteiger partial charge in [-0.2, -0.15) is 5.26 Å². The monoisotopic (exact) mass is 310 g/mol. The first-order valence-electron chi connectivity index (χ1n) is 6.45. The van der Waals surface area contributed by atoms with E-state index in [1.165, 1.54) is 24.3 Å². The molecule has 0 amide bonds. The third-order valence-electron chi connectivity index (χ3n) is 2.77. The summed E-state index contributed by atoms with van der Waals surface area (Å²) in [6.07, 6.45) is 0.224. The van der Waals surface area contributed by atoms with Crippen LogP contribution in [0.3, 0.4) is 0 Å². The molecule has 0 spiro atoms. The van der Waals surface area contributed by atoms with Crippen molar-refractivity contribution in [1.29, 1.82) is 5.26 Å². The van der Waals surface area contributed by atoms with Gasteiger partial charge in [-0.25, -0.2) is 13.1 Å². The van der Waals surface area contributed by atoms with Gasteiger partial charge in [-0.05, 0) is 30.0 Å². The molecule has 0 aromatic heterocycles. The van der Waals surface area contributed by atoms with Crippen LogP contribution in [0.4, 0.5) is 0 Å². The average Bonchev–Trinajstić information content (AvgIpc) is 2.37. The fourth-order valence-corrected chi connectivity index (χ4v) is 3.17. The van der Waals surface area contributed by atoms with Crippen molar-refractivity contribution in [2.24, 2.45) is 5.92 Å². The molecule has 1 aromatic rings. The lowest BCUT2D eigenvalue weighted by Gasteiger charge is -2.16. The van der Waals surface area contributed by atoms with Gasteiger partial charge in [-0.3, -0.25) is 4.79 Å². The van der Waals surface area contributed by atoms with Crippen molar-refractivity contribution in [3.8, 4) is 6.07 Å². The van der Waals surface area contributed by atoms with Gasteiger partial charge < -0.3 is 5.11 Å². The van der Waals surface area contributed by atoms with Crippen LogP contribution in [0.15, 0.2) is 24.3 Å². The maximum absolute atomic E-state index is 12.0. The number of rotatable bonds is 7. The zero-order valence-corrected chi connectivity index (χ0v) is 12.7. The van der Waals surface area contributed by atoms with E-state index in [1.54, 1.807) is 0 Å². The highest BCUT2D eigenvalue weighted by Gasteiger charge is 2.24. The molecule has 0 aliphatic carbocycles. The van der Waals surface area contributed by atoms with Gasteiger partial charge in [0.2, 0.25) is 10.0 Å². The first kappa shape index (κ1) is 17.1. The number of carbonyl (C=O) groups is 1. The van der Waals surface area contributed by atoms with Crippen LogP contribution >= 0.6 is 0 Å². The summed E-state index contributed by atoms with van der Waals surface area (Å²) in [5, 5.41) is 17.7. The molecule has 0 unspecified atom stereocenters. The van der Waals surface area contributed by atoms with Crippen LogP contribution in [0, 0.1) is 17.2 Å². The predicted molar refractivity (Wildman–Crippen MR) is 77.8 cm³/mol. The van der Waals surface area contributed by atoms with Crippen LogP contribution in [0.2, 0.25) is 0 Å². The molecule has 6 nitrogen and oxygen atoms in total. The van der Waals surface area contributed by atoms with Gasteiger partial charge in [0.05, 0.1) is 17.4 Å². The first-order valence-corrected chi connectivity index (χ1v) is 8.10. The Morgan fingerprint density at radius 2 is 1.90 bits per heavy atom. The summed E-state index contributed by atoms with van der Waals surface area (Å²) < 4.78 is 26.2. The Balaban J connectivity index is 2.80. The number of hydrogen-bond acceptors (Lipinski definition) is 4. The molecule has 7 heteroatoms. The Morgan fingerprint density at radius 1 is 1.33 bits per heavy atom. The molecule has 0 heterocycles. The van der Waals surface area contributed by atoms with Crippen molar-refractivity contribution in [2.45, 2.75) is 32.1 Å². The minimum Gasteiger partial charge on any atom is -0.480 e. The van der Waals surface area contributed by atoms with Crippen LogP contribution in [-0.2, 0) is 20.6 Å². The summed E-state index contributed by atoms with van der Waals surface area (Å²) in [5.74, 6) is -1.45. The van der Waals surface area contributed by atoms with Gasteiger partial charge >= 0.3 is 5.97 Å². The lowest BCUT2D eigenvalue weighted by molar-refractivity contribution is -0.139. The topological polar surface area (TPSA) is 107 Å².